The Morgan fingerprint density at radius 2 is 1.72 bits per heavy atom. The summed E-state index contributed by atoms with van der Waals surface area (Å²) in [6.07, 6.45) is -5.45. The number of carboxylic acids is 1. The summed E-state index contributed by atoms with van der Waals surface area (Å²) in [6.45, 7) is 3.78. The number of carbonyl (C=O) groups is 2. The lowest BCUT2D eigenvalue weighted by Gasteiger charge is -2.29. The monoisotopic (exact) mass is 267 g/mol. The fourth-order valence-electron chi connectivity index (χ4n) is 1.98. The Hall–Kier alpha value is -1.27. The molecule has 1 amide bonds. The van der Waals surface area contributed by atoms with Gasteiger partial charge in [0.15, 0.2) is 5.41 Å². The van der Waals surface area contributed by atoms with Gasteiger partial charge in [0.05, 0.1) is 0 Å². The van der Waals surface area contributed by atoms with Gasteiger partial charge in [-0.15, -0.1) is 0 Å². The lowest BCUT2D eigenvalue weighted by Crippen LogP contribution is -2.48. The Balaban J connectivity index is 2.99. The van der Waals surface area contributed by atoms with Crippen LogP contribution in [0.25, 0.3) is 0 Å². The van der Waals surface area contributed by atoms with E-state index < -0.39 is 41.8 Å². The van der Waals surface area contributed by atoms with Crippen molar-refractivity contribution >= 4 is 11.9 Å². The molecule has 18 heavy (non-hydrogen) atoms. The summed E-state index contributed by atoms with van der Waals surface area (Å²) < 4.78 is 38.6. The van der Waals surface area contributed by atoms with Gasteiger partial charge >= 0.3 is 12.1 Å². The van der Waals surface area contributed by atoms with Crippen LogP contribution in [0, 0.1) is 10.8 Å². The van der Waals surface area contributed by atoms with Crippen molar-refractivity contribution in [2.75, 3.05) is 13.1 Å². The third-order valence-corrected chi connectivity index (χ3v) is 3.15. The first kappa shape index (κ1) is 14.8. The molecule has 1 aliphatic rings. The van der Waals surface area contributed by atoms with Crippen LogP contribution in [0.5, 0.6) is 0 Å². The van der Waals surface area contributed by atoms with Gasteiger partial charge in [-0.1, -0.05) is 20.8 Å². The fraction of sp³-hybridized carbons (Fsp3) is 0.818. The van der Waals surface area contributed by atoms with Crippen LogP contribution < -0.4 is 0 Å². The highest BCUT2D eigenvalue weighted by molar-refractivity contribution is 5.84. The number of nitrogens with zero attached hydrogens (tertiary/aromatic N) is 1. The van der Waals surface area contributed by atoms with Crippen molar-refractivity contribution in [1.82, 2.24) is 4.90 Å². The number of aliphatic carboxylic acids is 1. The SMILES string of the molecule is CC(C)(C)C(=O)N1CCC(C(=O)O)(C(F)(F)F)C1. The maximum Gasteiger partial charge on any atom is 0.406 e. The van der Waals surface area contributed by atoms with E-state index in [1.165, 1.54) is 0 Å². The smallest absolute Gasteiger partial charge is 0.406 e. The van der Waals surface area contributed by atoms with Gasteiger partial charge in [0.25, 0.3) is 0 Å². The van der Waals surface area contributed by atoms with Gasteiger partial charge in [-0.05, 0) is 6.42 Å². The molecule has 1 unspecified atom stereocenters. The number of hydrogen-bond acceptors (Lipinski definition) is 2. The summed E-state index contributed by atoms with van der Waals surface area (Å²) in [6, 6.07) is 0. The van der Waals surface area contributed by atoms with Crippen molar-refractivity contribution < 1.29 is 27.9 Å². The standard InChI is InChI=1S/C11H16F3NO3/c1-9(2,3)7(16)15-5-4-10(6-15,8(17)18)11(12,13)14/h4-6H2,1-3H3,(H,17,18). The molecule has 0 aromatic heterocycles. The van der Waals surface area contributed by atoms with Crippen LogP contribution >= 0.6 is 0 Å². The lowest BCUT2D eigenvalue weighted by atomic mass is 9.86. The van der Waals surface area contributed by atoms with Gasteiger partial charge in [-0.2, -0.15) is 13.2 Å². The highest BCUT2D eigenvalue weighted by Crippen LogP contribution is 2.46. The molecule has 1 fully saturated rings. The van der Waals surface area contributed by atoms with Crippen molar-refractivity contribution in [3.63, 3.8) is 0 Å². The van der Waals surface area contributed by atoms with Crippen LogP contribution in [0.3, 0.4) is 0 Å². The number of carboxylic acid groups (broad SMARTS) is 1. The van der Waals surface area contributed by atoms with Gasteiger partial charge in [0, 0.05) is 18.5 Å². The molecule has 104 valence electrons. The van der Waals surface area contributed by atoms with Crippen molar-refractivity contribution in [3.8, 4) is 0 Å². The molecule has 0 bridgehead atoms. The molecule has 1 N–H and O–H groups in total. The Labute approximate surface area is 103 Å². The first-order valence-corrected chi connectivity index (χ1v) is 5.51. The van der Waals surface area contributed by atoms with Crippen LogP contribution in [0.4, 0.5) is 13.2 Å². The number of amides is 1. The summed E-state index contributed by atoms with van der Waals surface area (Å²) >= 11 is 0. The van der Waals surface area contributed by atoms with Gasteiger partial charge in [0.2, 0.25) is 5.91 Å². The highest BCUT2D eigenvalue weighted by Gasteiger charge is 2.64. The summed E-state index contributed by atoms with van der Waals surface area (Å²) in [5, 5.41) is 8.84. The van der Waals surface area contributed by atoms with E-state index in [9.17, 15) is 22.8 Å². The van der Waals surface area contributed by atoms with Crippen LogP contribution in [0.15, 0.2) is 0 Å². The highest BCUT2D eigenvalue weighted by atomic mass is 19.4. The minimum absolute atomic E-state index is 0.179. The Morgan fingerprint density at radius 1 is 1.22 bits per heavy atom. The predicted molar refractivity (Wildman–Crippen MR) is 56.8 cm³/mol. The zero-order chi connectivity index (χ0) is 14.4. The molecule has 4 nitrogen and oxygen atoms in total. The molecule has 7 heteroatoms. The lowest BCUT2D eigenvalue weighted by molar-refractivity contribution is -0.227. The van der Waals surface area contributed by atoms with E-state index in [4.69, 9.17) is 5.11 Å². The Morgan fingerprint density at radius 3 is 2.00 bits per heavy atom. The van der Waals surface area contributed by atoms with E-state index in [1.54, 1.807) is 20.8 Å². The molecule has 1 heterocycles. The second-order valence-corrected chi connectivity index (χ2v) is 5.61. The first-order chi connectivity index (χ1) is 7.92. The van der Waals surface area contributed by atoms with Crippen LogP contribution in [-0.4, -0.2) is 41.1 Å². The summed E-state index contributed by atoms with van der Waals surface area (Å²) in [5.74, 6) is -2.38. The molecule has 1 aliphatic heterocycles. The maximum atomic E-state index is 12.9. The quantitative estimate of drug-likeness (QED) is 0.789. The minimum atomic E-state index is -4.86. The second-order valence-electron chi connectivity index (χ2n) is 5.61. The normalized spacial score (nSPS) is 25.3. The molecule has 0 aliphatic carbocycles. The maximum absolute atomic E-state index is 12.9. The van der Waals surface area contributed by atoms with Crippen LogP contribution in [-0.2, 0) is 9.59 Å². The fourth-order valence-corrected chi connectivity index (χ4v) is 1.98. The molecule has 1 rings (SSSR count). The Bertz CT molecular complexity index is 373. The van der Waals surface area contributed by atoms with E-state index in [2.05, 4.69) is 0 Å². The number of likely N-dealkylation sites (tertiary alicyclic amines) is 1. The summed E-state index contributed by atoms with van der Waals surface area (Å²) in [5.41, 5.74) is -3.64. The van der Waals surface area contributed by atoms with Crippen LogP contribution in [0.1, 0.15) is 27.2 Å². The predicted octanol–water partition coefficient (Wildman–Crippen LogP) is 1.90. The first-order valence-electron chi connectivity index (χ1n) is 5.51. The molecule has 0 saturated carbocycles. The Kier molecular flexibility index (Phi) is 3.40. The molecular formula is C11H16F3NO3. The molecule has 1 atom stereocenters. The summed E-state index contributed by atoms with van der Waals surface area (Å²) in [7, 11) is 0. The van der Waals surface area contributed by atoms with Gasteiger partial charge in [-0.3, -0.25) is 9.59 Å². The van der Waals surface area contributed by atoms with Gasteiger partial charge in [0.1, 0.15) is 0 Å². The average molecular weight is 267 g/mol. The number of alkyl halides is 3. The number of rotatable bonds is 1. The molecular weight excluding hydrogens is 251 g/mol. The zero-order valence-corrected chi connectivity index (χ0v) is 10.5. The van der Waals surface area contributed by atoms with E-state index in [-0.39, 0.29) is 6.54 Å². The number of hydrogen-bond donors (Lipinski definition) is 1. The van der Waals surface area contributed by atoms with Gasteiger partial charge in [-0.25, -0.2) is 0 Å². The van der Waals surface area contributed by atoms with Gasteiger partial charge < -0.3 is 10.0 Å². The van der Waals surface area contributed by atoms with Crippen molar-refractivity contribution in [2.24, 2.45) is 10.8 Å². The molecule has 0 aromatic carbocycles. The zero-order valence-electron chi connectivity index (χ0n) is 10.5. The third kappa shape index (κ3) is 2.30. The number of halogens is 3. The van der Waals surface area contributed by atoms with E-state index >= 15 is 0 Å². The minimum Gasteiger partial charge on any atom is -0.481 e. The van der Waals surface area contributed by atoms with E-state index in [1.807, 2.05) is 0 Å². The van der Waals surface area contributed by atoms with E-state index in [0.29, 0.717) is 0 Å². The van der Waals surface area contributed by atoms with E-state index in [0.717, 1.165) is 4.90 Å². The second kappa shape index (κ2) is 4.13. The average Bonchev–Trinajstić information content (AvgIpc) is 2.59. The topological polar surface area (TPSA) is 57.6 Å². The number of carbonyl (C=O) groups excluding carboxylic acids is 1. The molecule has 0 aromatic rings. The molecule has 0 spiro atoms. The van der Waals surface area contributed by atoms with Crippen molar-refractivity contribution in [2.45, 2.75) is 33.4 Å². The van der Waals surface area contributed by atoms with Crippen molar-refractivity contribution in [1.29, 1.82) is 0 Å². The molecule has 1 saturated heterocycles. The summed E-state index contributed by atoms with van der Waals surface area (Å²) in [4.78, 5) is 23.8. The third-order valence-electron chi connectivity index (χ3n) is 3.15. The van der Waals surface area contributed by atoms with Crippen molar-refractivity contribution in [3.05, 3.63) is 0 Å². The molecule has 0 radical (unpaired) electrons. The largest absolute Gasteiger partial charge is 0.481 e. The van der Waals surface area contributed by atoms with Crippen LogP contribution in [0.2, 0.25) is 0 Å².